The van der Waals surface area contributed by atoms with Gasteiger partial charge < -0.3 is 25.2 Å². The van der Waals surface area contributed by atoms with Gasteiger partial charge in [-0.25, -0.2) is 19.3 Å². The van der Waals surface area contributed by atoms with Crippen molar-refractivity contribution in [3.05, 3.63) is 48.3 Å². The number of hydrogen-bond donors (Lipinski definition) is 3. The number of aliphatic hydroxyl groups is 1. The predicted octanol–water partition coefficient (Wildman–Crippen LogP) is 2.80. The molecule has 1 aromatic carbocycles. The van der Waals surface area contributed by atoms with E-state index in [4.69, 9.17) is 5.11 Å². The van der Waals surface area contributed by atoms with Gasteiger partial charge in [0.15, 0.2) is 5.82 Å². The van der Waals surface area contributed by atoms with Crippen LogP contribution in [0.4, 0.5) is 21.7 Å². The van der Waals surface area contributed by atoms with Gasteiger partial charge in [0.2, 0.25) is 11.9 Å². The minimum absolute atomic E-state index is 0.0244. The molecule has 4 rings (SSSR count). The van der Waals surface area contributed by atoms with Crippen molar-refractivity contribution in [2.45, 2.75) is 39.3 Å². The molecule has 1 atom stereocenters. The second-order valence-electron chi connectivity index (χ2n) is 8.37. The lowest BCUT2D eigenvalue weighted by molar-refractivity contribution is -0.124. The molecule has 1 aliphatic rings. The monoisotopic (exact) mass is 453 g/mol. The number of anilines is 3. The Morgan fingerprint density at radius 2 is 2.00 bits per heavy atom. The van der Waals surface area contributed by atoms with Crippen molar-refractivity contribution in [3.8, 4) is 11.4 Å². The fourth-order valence-corrected chi connectivity index (χ4v) is 4.16. The largest absolute Gasteiger partial charge is 0.387 e. The second kappa shape index (κ2) is 9.53. The third-order valence-electron chi connectivity index (χ3n) is 5.67. The summed E-state index contributed by atoms with van der Waals surface area (Å²) in [6, 6.07) is 7.90. The van der Waals surface area contributed by atoms with E-state index in [1.807, 2.05) is 49.6 Å². The van der Waals surface area contributed by atoms with Crippen molar-refractivity contribution in [3.63, 3.8) is 0 Å². The highest BCUT2D eigenvalue weighted by atomic mass is 19.1. The number of aryl methyl sites for hydroxylation is 1. The van der Waals surface area contributed by atoms with Gasteiger partial charge in [-0.15, -0.1) is 0 Å². The molecular weight excluding hydrogens is 425 g/mol. The third kappa shape index (κ3) is 4.95. The Morgan fingerprint density at radius 3 is 2.70 bits per heavy atom. The third-order valence-corrected chi connectivity index (χ3v) is 5.67. The van der Waals surface area contributed by atoms with Crippen LogP contribution in [-0.4, -0.2) is 56.3 Å². The molecule has 0 aliphatic carbocycles. The molecule has 3 aromatic rings. The molecule has 0 spiro atoms. The highest BCUT2D eigenvalue weighted by Crippen LogP contribution is 2.27. The quantitative estimate of drug-likeness (QED) is 0.505. The topological polar surface area (TPSA) is 108 Å². The van der Waals surface area contributed by atoms with Gasteiger partial charge >= 0.3 is 0 Å². The normalized spacial score (nSPS) is 15.8. The molecule has 0 radical (unpaired) electrons. The molecule has 3 N–H and O–H groups in total. The first-order chi connectivity index (χ1) is 15.9. The average molecular weight is 454 g/mol. The first-order valence-corrected chi connectivity index (χ1v) is 10.9. The van der Waals surface area contributed by atoms with Crippen molar-refractivity contribution in [1.82, 2.24) is 24.8 Å². The number of halogens is 1. The lowest BCUT2D eigenvalue weighted by atomic mass is 10.2. The van der Waals surface area contributed by atoms with E-state index in [1.165, 1.54) is 0 Å². The number of aromatic nitrogens is 4. The van der Waals surface area contributed by atoms with E-state index in [-0.39, 0.29) is 23.7 Å². The Hall–Kier alpha value is -3.53. The van der Waals surface area contributed by atoms with Gasteiger partial charge in [-0.05, 0) is 51.5 Å². The minimum atomic E-state index is -0.505. The lowest BCUT2D eigenvalue weighted by Crippen LogP contribution is -2.38. The summed E-state index contributed by atoms with van der Waals surface area (Å²) in [5.41, 5.74) is 2.61. The molecule has 33 heavy (non-hydrogen) atoms. The van der Waals surface area contributed by atoms with Crippen molar-refractivity contribution in [2.24, 2.45) is 0 Å². The maximum atomic E-state index is 14.6. The van der Waals surface area contributed by atoms with Crippen LogP contribution in [0.1, 0.15) is 32.1 Å². The van der Waals surface area contributed by atoms with Crippen LogP contribution in [0.25, 0.3) is 11.4 Å². The van der Waals surface area contributed by atoms with Gasteiger partial charge in [0, 0.05) is 36.5 Å². The SMILES string of the molecule is Cc1ncc(-c2nc(Nc3ccc(N4CC[C@@H](NC(=O)CO)C4)cc3)ncc2F)n1C(C)C. The van der Waals surface area contributed by atoms with Gasteiger partial charge in [0.05, 0.1) is 18.1 Å². The fraction of sp³-hybridized carbons (Fsp3) is 0.391. The molecule has 0 unspecified atom stereocenters. The fourth-order valence-electron chi connectivity index (χ4n) is 4.16. The number of rotatable bonds is 7. The van der Waals surface area contributed by atoms with Crippen LogP contribution < -0.4 is 15.5 Å². The number of amides is 1. The van der Waals surface area contributed by atoms with Crippen LogP contribution in [-0.2, 0) is 4.79 Å². The van der Waals surface area contributed by atoms with Crippen molar-refractivity contribution in [2.75, 3.05) is 29.9 Å². The summed E-state index contributed by atoms with van der Waals surface area (Å²) in [7, 11) is 0. The van der Waals surface area contributed by atoms with E-state index < -0.39 is 12.4 Å². The molecule has 1 fully saturated rings. The number of carbonyl (C=O) groups is 1. The van der Waals surface area contributed by atoms with E-state index in [9.17, 15) is 9.18 Å². The van der Waals surface area contributed by atoms with Gasteiger partial charge in [0.25, 0.3) is 0 Å². The summed E-state index contributed by atoms with van der Waals surface area (Å²) < 4.78 is 16.5. The molecule has 2 aromatic heterocycles. The first kappa shape index (κ1) is 22.7. The number of nitrogens with one attached hydrogen (secondary N) is 2. The average Bonchev–Trinajstić information content (AvgIpc) is 3.42. The lowest BCUT2D eigenvalue weighted by Gasteiger charge is -2.19. The van der Waals surface area contributed by atoms with E-state index in [2.05, 4.69) is 30.5 Å². The Labute approximate surface area is 191 Å². The number of nitrogens with zero attached hydrogens (tertiary/aromatic N) is 5. The van der Waals surface area contributed by atoms with Crippen LogP contribution in [0.15, 0.2) is 36.7 Å². The van der Waals surface area contributed by atoms with Crippen LogP contribution in [0.5, 0.6) is 0 Å². The molecular formula is C23H28FN7O2. The number of imidazole rings is 1. The molecule has 3 heterocycles. The maximum absolute atomic E-state index is 14.6. The number of aliphatic hydroxyl groups excluding tert-OH is 1. The Kier molecular flexibility index (Phi) is 6.55. The summed E-state index contributed by atoms with van der Waals surface area (Å²) >= 11 is 0. The molecule has 1 aliphatic heterocycles. The summed E-state index contributed by atoms with van der Waals surface area (Å²) in [5.74, 6) is 0.227. The first-order valence-electron chi connectivity index (χ1n) is 10.9. The highest BCUT2D eigenvalue weighted by molar-refractivity contribution is 5.77. The number of carbonyl (C=O) groups excluding carboxylic acids is 1. The zero-order valence-corrected chi connectivity index (χ0v) is 18.9. The molecule has 0 saturated carbocycles. The molecule has 9 nitrogen and oxygen atoms in total. The van der Waals surface area contributed by atoms with Crippen LogP contribution in [0, 0.1) is 12.7 Å². The van der Waals surface area contributed by atoms with E-state index >= 15 is 0 Å². The molecule has 174 valence electrons. The zero-order valence-electron chi connectivity index (χ0n) is 18.9. The standard InChI is InChI=1S/C23H28FN7O2/c1-14(2)31-15(3)25-11-20(31)22-19(24)10-26-23(29-22)28-16-4-6-18(7-5-16)30-9-8-17(12-30)27-21(33)13-32/h4-7,10-11,14,17,32H,8-9,12-13H2,1-3H3,(H,27,33)(H,26,28,29)/t17-/m1/s1. The molecule has 1 amide bonds. The van der Waals surface area contributed by atoms with Crippen LogP contribution in [0.2, 0.25) is 0 Å². The Balaban J connectivity index is 1.47. The number of benzene rings is 1. The van der Waals surface area contributed by atoms with Gasteiger partial charge in [-0.2, -0.15) is 0 Å². The second-order valence-corrected chi connectivity index (χ2v) is 8.37. The molecule has 10 heteroatoms. The van der Waals surface area contributed by atoms with Crippen molar-refractivity contribution in [1.29, 1.82) is 0 Å². The van der Waals surface area contributed by atoms with Gasteiger partial charge in [-0.3, -0.25) is 4.79 Å². The number of hydrogen-bond acceptors (Lipinski definition) is 7. The van der Waals surface area contributed by atoms with E-state index in [0.29, 0.717) is 18.2 Å². The summed E-state index contributed by atoms with van der Waals surface area (Å²) in [6.45, 7) is 6.92. The Morgan fingerprint density at radius 1 is 1.24 bits per heavy atom. The van der Waals surface area contributed by atoms with Crippen molar-refractivity contribution < 1.29 is 14.3 Å². The van der Waals surface area contributed by atoms with E-state index in [0.717, 1.165) is 36.4 Å². The smallest absolute Gasteiger partial charge is 0.245 e. The van der Waals surface area contributed by atoms with Crippen molar-refractivity contribution >= 4 is 23.2 Å². The Bertz CT molecular complexity index is 1130. The van der Waals surface area contributed by atoms with Gasteiger partial charge in [0.1, 0.15) is 18.1 Å². The van der Waals surface area contributed by atoms with Crippen LogP contribution >= 0.6 is 0 Å². The summed E-state index contributed by atoms with van der Waals surface area (Å²) in [6.07, 6.45) is 3.62. The summed E-state index contributed by atoms with van der Waals surface area (Å²) in [5, 5.41) is 14.8. The molecule has 0 bridgehead atoms. The van der Waals surface area contributed by atoms with Crippen LogP contribution in [0.3, 0.4) is 0 Å². The maximum Gasteiger partial charge on any atom is 0.245 e. The highest BCUT2D eigenvalue weighted by Gasteiger charge is 2.24. The van der Waals surface area contributed by atoms with Gasteiger partial charge in [-0.1, -0.05) is 0 Å². The molecule has 1 saturated heterocycles. The predicted molar refractivity (Wildman–Crippen MR) is 124 cm³/mol. The minimum Gasteiger partial charge on any atom is -0.387 e. The zero-order chi connectivity index (χ0) is 23.5. The van der Waals surface area contributed by atoms with E-state index in [1.54, 1.807) is 6.20 Å². The summed E-state index contributed by atoms with van der Waals surface area (Å²) in [4.78, 5) is 26.4.